The molecule has 8 nitrogen and oxygen atoms in total. The minimum absolute atomic E-state index is 0.109. The zero-order chi connectivity index (χ0) is 24.2. The summed E-state index contributed by atoms with van der Waals surface area (Å²) in [6.07, 6.45) is 3.09. The van der Waals surface area contributed by atoms with Crippen LogP contribution in [0.4, 0.5) is 0 Å². The number of hydrogen-bond acceptors (Lipinski definition) is 6. The van der Waals surface area contributed by atoms with E-state index in [1.807, 2.05) is 54.1 Å². The van der Waals surface area contributed by atoms with Gasteiger partial charge in [-0.15, -0.1) is 5.10 Å². The molecule has 4 aromatic rings. The van der Waals surface area contributed by atoms with Gasteiger partial charge in [0.15, 0.2) is 5.82 Å². The van der Waals surface area contributed by atoms with Crippen molar-refractivity contribution in [1.82, 2.24) is 30.1 Å². The van der Waals surface area contributed by atoms with E-state index in [1.54, 1.807) is 0 Å². The number of aromatic nitrogens is 5. The highest BCUT2D eigenvalue weighted by molar-refractivity contribution is 5.80. The summed E-state index contributed by atoms with van der Waals surface area (Å²) in [5.74, 6) is 2.04. The van der Waals surface area contributed by atoms with Gasteiger partial charge in [0.2, 0.25) is 0 Å². The van der Waals surface area contributed by atoms with Crippen LogP contribution >= 0.6 is 0 Å². The van der Waals surface area contributed by atoms with Crippen molar-refractivity contribution in [3.63, 3.8) is 0 Å². The molecule has 0 radical (unpaired) electrons. The standard InChI is InChI=1S/C27H32N6O2/c1-3-35-22-11-12-24-21(16-22)17-23(27(34)28-24)25(32-14-7-8-19(2)18-32)26-29-30-31-33(26)15-13-20-9-5-4-6-10-20/h4-6,9-12,16-17,19,25H,3,7-8,13-15,18H2,1-2H3,(H,28,34)/t19-,25-/m1/s1. The monoisotopic (exact) mass is 472 g/mol. The number of likely N-dealkylation sites (tertiary alicyclic amines) is 1. The highest BCUT2D eigenvalue weighted by atomic mass is 16.5. The number of hydrogen-bond donors (Lipinski definition) is 1. The molecule has 0 aliphatic carbocycles. The van der Waals surface area contributed by atoms with Gasteiger partial charge in [0.25, 0.3) is 5.56 Å². The zero-order valence-electron chi connectivity index (χ0n) is 20.4. The number of fused-ring (bicyclic) bond motifs is 1. The number of rotatable bonds is 8. The minimum atomic E-state index is -0.326. The molecule has 1 N–H and O–H groups in total. The summed E-state index contributed by atoms with van der Waals surface area (Å²) in [6.45, 7) is 7.26. The van der Waals surface area contributed by atoms with Crippen molar-refractivity contribution in [3.8, 4) is 5.75 Å². The predicted octanol–water partition coefficient (Wildman–Crippen LogP) is 3.98. The van der Waals surface area contributed by atoms with E-state index in [1.165, 1.54) is 12.0 Å². The number of aryl methyl sites for hydroxylation is 2. The van der Waals surface area contributed by atoms with Gasteiger partial charge in [-0.25, -0.2) is 4.68 Å². The Balaban J connectivity index is 1.56. The molecular formula is C27H32N6O2. The zero-order valence-corrected chi connectivity index (χ0v) is 20.4. The topological polar surface area (TPSA) is 88.9 Å². The second-order valence-electron chi connectivity index (χ2n) is 9.38. The Bertz CT molecular complexity index is 1330. The van der Waals surface area contributed by atoms with Crippen LogP contribution in [0.5, 0.6) is 5.75 Å². The lowest BCUT2D eigenvalue weighted by Crippen LogP contribution is -2.41. The number of H-pyrrole nitrogens is 1. The van der Waals surface area contributed by atoms with Crippen LogP contribution in [0, 0.1) is 5.92 Å². The smallest absolute Gasteiger partial charge is 0.253 e. The summed E-state index contributed by atoms with van der Waals surface area (Å²) >= 11 is 0. The molecule has 0 unspecified atom stereocenters. The van der Waals surface area contributed by atoms with E-state index in [-0.39, 0.29) is 11.6 Å². The van der Waals surface area contributed by atoms with Gasteiger partial charge in [0.05, 0.1) is 6.61 Å². The van der Waals surface area contributed by atoms with Gasteiger partial charge in [-0.2, -0.15) is 0 Å². The first kappa shape index (κ1) is 23.2. The van der Waals surface area contributed by atoms with E-state index < -0.39 is 0 Å². The van der Waals surface area contributed by atoms with Crippen LogP contribution in [0.1, 0.15) is 49.7 Å². The summed E-state index contributed by atoms with van der Waals surface area (Å²) < 4.78 is 7.56. The molecule has 1 aliphatic rings. The van der Waals surface area contributed by atoms with Gasteiger partial charge in [-0.3, -0.25) is 9.69 Å². The van der Waals surface area contributed by atoms with Gasteiger partial charge in [0, 0.05) is 29.6 Å². The van der Waals surface area contributed by atoms with Gasteiger partial charge in [-0.05, 0) is 78.9 Å². The molecule has 1 saturated heterocycles. The average molecular weight is 473 g/mol. The van der Waals surface area contributed by atoms with E-state index in [0.717, 1.165) is 42.6 Å². The molecule has 0 spiro atoms. The predicted molar refractivity (Wildman–Crippen MR) is 136 cm³/mol. The molecular weight excluding hydrogens is 440 g/mol. The van der Waals surface area contributed by atoms with Crippen molar-refractivity contribution in [2.45, 2.75) is 45.7 Å². The van der Waals surface area contributed by atoms with E-state index in [2.05, 4.69) is 44.5 Å². The Morgan fingerprint density at radius 1 is 1.17 bits per heavy atom. The van der Waals surface area contributed by atoms with Crippen LogP contribution in [-0.4, -0.2) is 49.8 Å². The molecule has 2 aromatic heterocycles. The van der Waals surface area contributed by atoms with Gasteiger partial charge in [-0.1, -0.05) is 37.3 Å². The molecule has 8 heteroatoms. The van der Waals surface area contributed by atoms with Gasteiger partial charge in [0.1, 0.15) is 11.8 Å². The highest BCUT2D eigenvalue weighted by Gasteiger charge is 2.32. The molecule has 1 aliphatic heterocycles. The maximum Gasteiger partial charge on any atom is 0.253 e. The average Bonchev–Trinajstić information content (AvgIpc) is 3.32. The summed E-state index contributed by atoms with van der Waals surface area (Å²) in [5.41, 5.74) is 2.57. The number of tetrazole rings is 1. The maximum atomic E-state index is 13.4. The number of pyridine rings is 1. The van der Waals surface area contributed by atoms with E-state index in [0.29, 0.717) is 30.5 Å². The summed E-state index contributed by atoms with van der Waals surface area (Å²) in [7, 11) is 0. The fourth-order valence-electron chi connectivity index (χ4n) is 5.07. The van der Waals surface area contributed by atoms with E-state index in [9.17, 15) is 4.79 Å². The molecule has 182 valence electrons. The number of ether oxygens (including phenoxy) is 1. The Morgan fingerprint density at radius 3 is 2.83 bits per heavy atom. The molecule has 2 aromatic carbocycles. The number of nitrogens with one attached hydrogen (secondary N) is 1. The fraction of sp³-hybridized carbons (Fsp3) is 0.407. The first-order valence-electron chi connectivity index (χ1n) is 12.5. The summed E-state index contributed by atoms with van der Waals surface area (Å²) in [4.78, 5) is 18.8. The van der Waals surface area contributed by atoms with Crippen LogP contribution in [0.15, 0.2) is 59.4 Å². The Labute approximate surface area is 204 Å². The third kappa shape index (κ3) is 5.12. The van der Waals surface area contributed by atoms with E-state index in [4.69, 9.17) is 4.74 Å². The van der Waals surface area contributed by atoms with Crippen molar-refractivity contribution >= 4 is 10.9 Å². The molecule has 3 heterocycles. The van der Waals surface area contributed by atoms with Crippen molar-refractivity contribution in [2.24, 2.45) is 5.92 Å². The SMILES string of the molecule is CCOc1ccc2[nH]c(=O)c([C@H](c3nnnn3CCc3ccccc3)N3CCC[C@@H](C)C3)cc2c1. The molecule has 0 amide bonds. The van der Waals surface area contributed by atoms with Crippen molar-refractivity contribution in [3.05, 3.63) is 81.9 Å². The van der Waals surface area contributed by atoms with Crippen molar-refractivity contribution < 1.29 is 4.74 Å². The number of piperidine rings is 1. The normalized spacial score (nSPS) is 17.5. The largest absolute Gasteiger partial charge is 0.494 e. The summed E-state index contributed by atoms with van der Waals surface area (Å²) in [5, 5.41) is 13.7. The van der Waals surface area contributed by atoms with Crippen molar-refractivity contribution in [2.75, 3.05) is 19.7 Å². The van der Waals surface area contributed by atoms with Crippen LogP contribution in [0.25, 0.3) is 10.9 Å². The number of benzene rings is 2. The molecule has 0 saturated carbocycles. The van der Waals surface area contributed by atoms with Gasteiger partial charge < -0.3 is 9.72 Å². The quantitative estimate of drug-likeness (QED) is 0.417. The molecule has 1 fully saturated rings. The lowest BCUT2D eigenvalue weighted by Gasteiger charge is -2.36. The lowest BCUT2D eigenvalue weighted by atomic mass is 9.95. The van der Waals surface area contributed by atoms with Crippen molar-refractivity contribution in [1.29, 1.82) is 0 Å². The third-order valence-corrected chi connectivity index (χ3v) is 6.76. The second kappa shape index (κ2) is 10.4. The number of nitrogens with zero attached hydrogens (tertiary/aromatic N) is 5. The van der Waals surface area contributed by atoms with Gasteiger partial charge >= 0.3 is 0 Å². The van der Waals surface area contributed by atoms with Crippen LogP contribution in [-0.2, 0) is 13.0 Å². The molecule has 35 heavy (non-hydrogen) atoms. The molecule has 5 rings (SSSR count). The summed E-state index contributed by atoms with van der Waals surface area (Å²) in [6, 6.07) is 17.7. The number of aromatic amines is 1. The minimum Gasteiger partial charge on any atom is -0.494 e. The first-order valence-corrected chi connectivity index (χ1v) is 12.5. The fourth-order valence-corrected chi connectivity index (χ4v) is 5.07. The van der Waals surface area contributed by atoms with E-state index >= 15 is 0 Å². The van der Waals surface area contributed by atoms with Crippen LogP contribution in [0.2, 0.25) is 0 Å². The second-order valence-corrected chi connectivity index (χ2v) is 9.38. The Kier molecular flexibility index (Phi) is 6.90. The Morgan fingerprint density at radius 2 is 2.03 bits per heavy atom. The third-order valence-electron chi connectivity index (χ3n) is 6.76. The highest BCUT2D eigenvalue weighted by Crippen LogP contribution is 2.31. The maximum absolute atomic E-state index is 13.4. The van der Waals surface area contributed by atoms with Crippen LogP contribution < -0.4 is 10.3 Å². The first-order chi connectivity index (χ1) is 17.1. The molecule has 0 bridgehead atoms. The van der Waals surface area contributed by atoms with Crippen LogP contribution in [0.3, 0.4) is 0 Å². The Hall–Kier alpha value is -3.52. The molecule has 2 atom stereocenters. The lowest BCUT2D eigenvalue weighted by molar-refractivity contribution is 0.141.